The fourth-order valence-electron chi connectivity index (χ4n) is 0.970. The van der Waals surface area contributed by atoms with Crippen LogP contribution >= 0.6 is 0 Å². The van der Waals surface area contributed by atoms with Crippen molar-refractivity contribution in [3.63, 3.8) is 0 Å². The second-order valence-electron chi connectivity index (χ2n) is 2.91. The Morgan fingerprint density at radius 2 is 1.75 bits per heavy atom. The topological polar surface area (TPSA) is 9.23 Å². The Balaban J connectivity index is 2.99. The lowest BCUT2D eigenvalue weighted by Gasteiger charge is -1.92. The number of hydrogen-bond donors (Lipinski definition) is 0. The predicted octanol–water partition coefficient (Wildman–Crippen LogP) is 3.00. The third-order valence-electron chi connectivity index (χ3n) is 1.71. The van der Waals surface area contributed by atoms with Gasteiger partial charge in [0.25, 0.3) is 0 Å². The van der Waals surface area contributed by atoms with Crippen LogP contribution in [0, 0.1) is 11.8 Å². The lowest BCUT2D eigenvalue weighted by molar-refractivity contribution is 0.206. The Labute approximate surface area is 76.5 Å². The van der Waals surface area contributed by atoms with Crippen LogP contribution in [-0.2, 0) is 4.74 Å². The molecule has 0 heterocycles. The molecule has 0 aromatic rings. The second-order valence-corrected chi connectivity index (χ2v) is 2.91. The zero-order valence-corrected chi connectivity index (χ0v) is 8.36. The van der Waals surface area contributed by atoms with Crippen molar-refractivity contribution in [2.24, 2.45) is 0 Å². The van der Waals surface area contributed by atoms with Crippen LogP contribution in [0.2, 0.25) is 0 Å². The van der Waals surface area contributed by atoms with Crippen LogP contribution in [0.25, 0.3) is 0 Å². The molecule has 0 saturated heterocycles. The maximum atomic E-state index is 4.88. The summed E-state index contributed by atoms with van der Waals surface area (Å²) in [5.41, 5.74) is 0. The van der Waals surface area contributed by atoms with Crippen molar-refractivity contribution in [1.29, 1.82) is 0 Å². The molecule has 0 aromatic heterocycles. The van der Waals surface area contributed by atoms with E-state index >= 15 is 0 Å². The maximum Gasteiger partial charge on any atom is 0.0571 e. The summed E-state index contributed by atoms with van der Waals surface area (Å²) in [6.07, 6.45) is 7.17. The third-order valence-corrected chi connectivity index (χ3v) is 1.71. The van der Waals surface area contributed by atoms with Gasteiger partial charge in [-0.2, -0.15) is 0 Å². The van der Waals surface area contributed by atoms with Crippen LogP contribution in [0.15, 0.2) is 0 Å². The van der Waals surface area contributed by atoms with Crippen molar-refractivity contribution in [3.8, 4) is 11.8 Å². The summed E-state index contributed by atoms with van der Waals surface area (Å²) >= 11 is 0. The molecule has 1 heteroatoms. The minimum atomic E-state index is 0.766. The van der Waals surface area contributed by atoms with E-state index in [9.17, 15) is 0 Å². The molecule has 70 valence electrons. The number of hydrogen-bond acceptors (Lipinski definition) is 1. The van der Waals surface area contributed by atoms with Crippen molar-refractivity contribution >= 4 is 0 Å². The lowest BCUT2D eigenvalue weighted by Crippen LogP contribution is -1.83. The highest BCUT2D eigenvalue weighted by Crippen LogP contribution is 2.00. The van der Waals surface area contributed by atoms with Gasteiger partial charge in [-0.25, -0.2) is 0 Å². The molecular formula is C11H20O. The van der Waals surface area contributed by atoms with Crippen LogP contribution in [0.3, 0.4) is 0 Å². The van der Waals surface area contributed by atoms with Gasteiger partial charge in [0.2, 0.25) is 0 Å². The van der Waals surface area contributed by atoms with Gasteiger partial charge in [-0.3, -0.25) is 0 Å². The standard InChI is InChI=1S/C11H20O/c1-3-4-5-6-7-8-9-10-11-12-2/h3-7,10-11H2,1-2H3. The zero-order valence-electron chi connectivity index (χ0n) is 8.36. The van der Waals surface area contributed by atoms with Gasteiger partial charge in [0.1, 0.15) is 0 Å². The average Bonchev–Trinajstić information content (AvgIpc) is 2.10. The average molecular weight is 168 g/mol. The smallest absolute Gasteiger partial charge is 0.0571 e. The largest absolute Gasteiger partial charge is 0.384 e. The zero-order chi connectivity index (χ0) is 9.07. The normalized spacial score (nSPS) is 9.17. The summed E-state index contributed by atoms with van der Waals surface area (Å²) in [6, 6.07) is 0. The maximum absolute atomic E-state index is 4.88. The summed E-state index contributed by atoms with van der Waals surface area (Å²) in [5, 5.41) is 0. The lowest BCUT2D eigenvalue weighted by atomic mass is 10.1. The van der Waals surface area contributed by atoms with Crippen molar-refractivity contribution < 1.29 is 4.74 Å². The van der Waals surface area contributed by atoms with Gasteiger partial charge in [0, 0.05) is 20.0 Å². The Bertz CT molecular complexity index is 130. The van der Waals surface area contributed by atoms with E-state index < -0.39 is 0 Å². The molecule has 0 aliphatic heterocycles. The monoisotopic (exact) mass is 168 g/mol. The number of unbranched alkanes of at least 4 members (excludes halogenated alkanes) is 4. The van der Waals surface area contributed by atoms with E-state index in [1.165, 1.54) is 25.7 Å². The van der Waals surface area contributed by atoms with Crippen LogP contribution in [0.4, 0.5) is 0 Å². The fraction of sp³-hybridized carbons (Fsp3) is 0.818. The van der Waals surface area contributed by atoms with Crippen molar-refractivity contribution in [2.45, 2.75) is 45.4 Å². The van der Waals surface area contributed by atoms with Crippen molar-refractivity contribution in [2.75, 3.05) is 13.7 Å². The first-order chi connectivity index (χ1) is 5.91. The highest BCUT2D eigenvalue weighted by Gasteiger charge is 1.83. The third kappa shape index (κ3) is 9.52. The number of rotatable bonds is 6. The van der Waals surface area contributed by atoms with Gasteiger partial charge in [0.05, 0.1) is 6.61 Å². The van der Waals surface area contributed by atoms with Gasteiger partial charge in [-0.05, 0) is 6.42 Å². The van der Waals surface area contributed by atoms with Crippen molar-refractivity contribution in [1.82, 2.24) is 0 Å². The highest BCUT2D eigenvalue weighted by atomic mass is 16.5. The molecule has 0 unspecified atom stereocenters. The SMILES string of the molecule is CCCCCCC#CCCOC. The van der Waals surface area contributed by atoms with E-state index in [1.807, 2.05) is 0 Å². The molecule has 0 aromatic carbocycles. The molecule has 0 N–H and O–H groups in total. The molecular weight excluding hydrogens is 148 g/mol. The van der Waals surface area contributed by atoms with Gasteiger partial charge < -0.3 is 4.74 Å². The van der Waals surface area contributed by atoms with E-state index in [2.05, 4.69) is 18.8 Å². The van der Waals surface area contributed by atoms with E-state index in [4.69, 9.17) is 4.74 Å². The molecule has 12 heavy (non-hydrogen) atoms. The van der Waals surface area contributed by atoms with Gasteiger partial charge in [-0.15, -0.1) is 11.8 Å². The van der Waals surface area contributed by atoms with E-state index in [0.717, 1.165) is 19.4 Å². The first-order valence-electron chi connectivity index (χ1n) is 4.86. The summed E-state index contributed by atoms with van der Waals surface area (Å²) in [7, 11) is 1.71. The molecule has 0 aliphatic rings. The summed E-state index contributed by atoms with van der Waals surface area (Å²) in [4.78, 5) is 0. The highest BCUT2D eigenvalue weighted by molar-refractivity contribution is 4.98. The molecule has 0 spiro atoms. The van der Waals surface area contributed by atoms with E-state index in [0.29, 0.717) is 0 Å². The Kier molecular flexibility index (Phi) is 10.1. The molecule has 0 saturated carbocycles. The fourth-order valence-corrected chi connectivity index (χ4v) is 0.970. The molecule has 0 bridgehead atoms. The van der Waals surface area contributed by atoms with E-state index in [1.54, 1.807) is 7.11 Å². The number of ether oxygens (including phenoxy) is 1. The molecule has 0 aliphatic carbocycles. The van der Waals surface area contributed by atoms with Crippen LogP contribution in [-0.4, -0.2) is 13.7 Å². The summed E-state index contributed by atoms with van der Waals surface area (Å²) in [6.45, 7) is 2.99. The predicted molar refractivity (Wildman–Crippen MR) is 53.0 cm³/mol. The van der Waals surface area contributed by atoms with Gasteiger partial charge in [0.15, 0.2) is 0 Å². The summed E-state index contributed by atoms with van der Waals surface area (Å²) < 4.78 is 4.88. The van der Waals surface area contributed by atoms with Gasteiger partial charge in [-0.1, -0.05) is 26.2 Å². The van der Waals surface area contributed by atoms with Crippen LogP contribution in [0.5, 0.6) is 0 Å². The first-order valence-corrected chi connectivity index (χ1v) is 4.86. The quantitative estimate of drug-likeness (QED) is 0.437. The molecule has 0 amide bonds. The second kappa shape index (κ2) is 10.5. The van der Waals surface area contributed by atoms with E-state index in [-0.39, 0.29) is 0 Å². The minimum Gasteiger partial charge on any atom is -0.384 e. The molecule has 0 atom stereocenters. The minimum absolute atomic E-state index is 0.766. The van der Waals surface area contributed by atoms with Gasteiger partial charge >= 0.3 is 0 Å². The Morgan fingerprint density at radius 1 is 1.00 bits per heavy atom. The Hall–Kier alpha value is -0.480. The summed E-state index contributed by atoms with van der Waals surface area (Å²) in [5.74, 6) is 6.24. The van der Waals surface area contributed by atoms with Crippen LogP contribution < -0.4 is 0 Å². The first kappa shape index (κ1) is 11.5. The number of methoxy groups -OCH3 is 1. The van der Waals surface area contributed by atoms with Crippen LogP contribution in [0.1, 0.15) is 45.4 Å². The Morgan fingerprint density at radius 3 is 2.42 bits per heavy atom. The molecule has 0 fully saturated rings. The molecule has 0 rings (SSSR count). The molecule has 1 nitrogen and oxygen atoms in total. The van der Waals surface area contributed by atoms with Crippen molar-refractivity contribution in [3.05, 3.63) is 0 Å². The molecule has 0 radical (unpaired) electrons.